The lowest BCUT2D eigenvalue weighted by Crippen LogP contribution is -2.52. The Labute approximate surface area is 197 Å². The van der Waals surface area contributed by atoms with Crippen LogP contribution in [0.15, 0.2) is 42.6 Å². The van der Waals surface area contributed by atoms with Gasteiger partial charge in [-0.05, 0) is 49.4 Å². The van der Waals surface area contributed by atoms with Gasteiger partial charge in [0.25, 0.3) is 0 Å². The smallest absolute Gasteiger partial charge is 0.247 e. The Kier molecular flexibility index (Phi) is 6.83. The molecular formula is C24H31N5OS2. The van der Waals surface area contributed by atoms with Gasteiger partial charge in [0, 0.05) is 17.6 Å². The van der Waals surface area contributed by atoms with Crippen LogP contribution in [0.1, 0.15) is 54.4 Å². The van der Waals surface area contributed by atoms with Gasteiger partial charge < -0.3 is 15.6 Å². The van der Waals surface area contributed by atoms with Crippen molar-refractivity contribution in [2.45, 2.75) is 52.1 Å². The predicted octanol–water partition coefficient (Wildman–Crippen LogP) is 4.74. The minimum absolute atomic E-state index is 0.000264. The number of fused-ring (bicyclic) bond motifs is 1. The molecule has 4 rings (SSSR count). The molecule has 32 heavy (non-hydrogen) atoms. The third kappa shape index (κ3) is 4.53. The summed E-state index contributed by atoms with van der Waals surface area (Å²) < 4.78 is 1.15. The number of aryl methyl sites for hydroxylation is 1. The van der Waals surface area contributed by atoms with E-state index in [0.717, 1.165) is 45.9 Å². The zero-order valence-electron chi connectivity index (χ0n) is 18.8. The van der Waals surface area contributed by atoms with Crippen LogP contribution in [-0.2, 0) is 11.2 Å². The fourth-order valence-corrected chi connectivity index (χ4v) is 6.26. The molecule has 3 aromatic rings. The average Bonchev–Trinajstić information content (AvgIpc) is 3.51. The highest BCUT2D eigenvalue weighted by atomic mass is 32.1. The summed E-state index contributed by atoms with van der Waals surface area (Å²) in [7, 11) is 0. The van der Waals surface area contributed by atoms with E-state index in [9.17, 15) is 4.79 Å². The lowest BCUT2D eigenvalue weighted by atomic mass is 10.0. The van der Waals surface area contributed by atoms with Crippen LogP contribution >= 0.6 is 22.7 Å². The first-order valence-electron chi connectivity index (χ1n) is 11.1. The number of benzene rings is 1. The van der Waals surface area contributed by atoms with E-state index in [2.05, 4.69) is 19.1 Å². The molecule has 1 aliphatic heterocycles. The summed E-state index contributed by atoms with van der Waals surface area (Å²) >= 11 is 3.33. The van der Waals surface area contributed by atoms with Gasteiger partial charge in [-0.2, -0.15) is 0 Å². The van der Waals surface area contributed by atoms with E-state index in [1.807, 2.05) is 43.0 Å². The third-order valence-electron chi connectivity index (χ3n) is 5.92. The van der Waals surface area contributed by atoms with Crippen molar-refractivity contribution in [3.05, 3.63) is 57.4 Å². The summed E-state index contributed by atoms with van der Waals surface area (Å²) in [5.74, 6) is 6.50. The number of nitrogens with zero attached hydrogens (tertiary/aromatic N) is 3. The molecule has 2 aromatic heterocycles. The molecule has 2 atom stereocenters. The Bertz CT molecular complexity index is 1090. The van der Waals surface area contributed by atoms with Crippen LogP contribution in [0.5, 0.6) is 0 Å². The van der Waals surface area contributed by atoms with Crippen molar-refractivity contribution in [1.82, 2.24) is 14.9 Å². The normalized spacial score (nSPS) is 18.0. The van der Waals surface area contributed by atoms with Gasteiger partial charge in [-0.1, -0.05) is 32.9 Å². The number of thiazole rings is 1. The van der Waals surface area contributed by atoms with E-state index in [4.69, 9.17) is 16.6 Å². The number of rotatable bonds is 7. The highest BCUT2D eigenvalue weighted by molar-refractivity contribution is 7.18. The highest BCUT2D eigenvalue weighted by Crippen LogP contribution is 2.37. The quantitative estimate of drug-likeness (QED) is 0.385. The van der Waals surface area contributed by atoms with Crippen molar-refractivity contribution in [1.29, 1.82) is 0 Å². The van der Waals surface area contributed by atoms with Crippen molar-refractivity contribution in [3.8, 4) is 0 Å². The van der Waals surface area contributed by atoms with Crippen LogP contribution in [0.25, 0.3) is 15.9 Å². The summed E-state index contributed by atoms with van der Waals surface area (Å²) in [4.78, 5) is 22.7. The minimum Gasteiger partial charge on any atom is -0.396 e. The van der Waals surface area contributed by atoms with Gasteiger partial charge in [-0.25, -0.2) is 10.8 Å². The lowest BCUT2D eigenvalue weighted by Gasteiger charge is -2.34. The molecule has 1 aromatic carbocycles. The second kappa shape index (κ2) is 9.60. The Morgan fingerprint density at radius 3 is 2.75 bits per heavy atom. The molecule has 1 amide bonds. The molecule has 8 heteroatoms. The fourth-order valence-electron chi connectivity index (χ4n) is 4.27. The number of carbonyl (C=O) groups excluding carboxylic acids is 1. The van der Waals surface area contributed by atoms with Gasteiger partial charge in [-0.15, -0.1) is 22.7 Å². The third-order valence-corrected chi connectivity index (χ3v) is 8.34. The molecule has 2 unspecified atom stereocenters. The second-order valence-electron chi connectivity index (χ2n) is 8.55. The van der Waals surface area contributed by atoms with E-state index in [-0.39, 0.29) is 17.9 Å². The first-order valence-corrected chi connectivity index (χ1v) is 12.8. The first-order chi connectivity index (χ1) is 15.4. The molecular weight excluding hydrogens is 438 g/mol. The van der Waals surface area contributed by atoms with Crippen molar-refractivity contribution >= 4 is 44.5 Å². The zero-order chi connectivity index (χ0) is 22.8. The lowest BCUT2D eigenvalue weighted by molar-refractivity contribution is -0.138. The van der Waals surface area contributed by atoms with Crippen LogP contribution in [-0.4, -0.2) is 33.4 Å². The van der Waals surface area contributed by atoms with Crippen LogP contribution in [0, 0.1) is 5.92 Å². The molecule has 4 N–H and O–H groups in total. The van der Waals surface area contributed by atoms with Gasteiger partial charge in [0.1, 0.15) is 11.0 Å². The molecule has 1 saturated heterocycles. The number of carbonyl (C=O) groups is 1. The molecule has 0 spiro atoms. The van der Waals surface area contributed by atoms with E-state index in [0.29, 0.717) is 5.70 Å². The number of likely N-dealkylation sites (tertiary alicyclic amines) is 1. The summed E-state index contributed by atoms with van der Waals surface area (Å²) in [5, 5.41) is 2.50. The summed E-state index contributed by atoms with van der Waals surface area (Å²) in [6, 6.07) is 11.7. The maximum Gasteiger partial charge on any atom is 0.247 e. The van der Waals surface area contributed by atoms with Crippen molar-refractivity contribution in [3.63, 3.8) is 0 Å². The standard InChI is InChI=1S/C24H31N5OS2/c1-4-16-11-12-20(31-16)17(25)14-29(26)22(15(2)3)24(30)28-13-7-9-19(28)23-27-18-8-5-6-10-21(18)32-23/h5-6,8,10-12,14-15,19,22H,4,7,9,13,25-26H2,1-3H3/b17-14-. The van der Waals surface area contributed by atoms with Crippen molar-refractivity contribution in [2.24, 2.45) is 17.5 Å². The SMILES string of the molecule is CCc1ccc(/C(N)=C/N(N)C(C(=O)N2CCCC2c2nc3ccccc3s2)C(C)C)s1. The van der Waals surface area contributed by atoms with Crippen LogP contribution in [0.4, 0.5) is 0 Å². The largest absolute Gasteiger partial charge is 0.396 e. The van der Waals surface area contributed by atoms with Gasteiger partial charge >= 0.3 is 0 Å². The molecule has 3 heterocycles. The van der Waals surface area contributed by atoms with Gasteiger partial charge in [0.2, 0.25) is 5.91 Å². The summed E-state index contributed by atoms with van der Waals surface area (Å²) in [6.45, 7) is 6.89. The van der Waals surface area contributed by atoms with Crippen LogP contribution < -0.4 is 11.6 Å². The number of aromatic nitrogens is 1. The van der Waals surface area contributed by atoms with Crippen molar-refractivity contribution in [2.75, 3.05) is 6.54 Å². The Morgan fingerprint density at radius 1 is 1.28 bits per heavy atom. The second-order valence-corrected chi connectivity index (χ2v) is 10.8. The Morgan fingerprint density at radius 2 is 2.06 bits per heavy atom. The monoisotopic (exact) mass is 469 g/mol. The molecule has 0 saturated carbocycles. The number of nitrogens with two attached hydrogens (primary N) is 2. The summed E-state index contributed by atoms with van der Waals surface area (Å²) in [6.07, 6.45) is 4.57. The number of hydrogen-bond acceptors (Lipinski definition) is 7. The van der Waals surface area contributed by atoms with Gasteiger partial charge in [-0.3, -0.25) is 4.79 Å². The van der Waals surface area contributed by atoms with E-state index >= 15 is 0 Å². The van der Waals surface area contributed by atoms with E-state index in [1.54, 1.807) is 28.9 Å². The molecule has 1 fully saturated rings. The maximum absolute atomic E-state index is 13.7. The summed E-state index contributed by atoms with van der Waals surface area (Å²) in [5.41, 5.74) is 7.91. The molecule has 0 bridgehead atoms. The van der Waals surface area contributed by atoms with Crippen LogP contribution in [0.2, 0.25) is 0 Å². The zero-order valence-corrected chi connectivity index (χ0v) is 20.5. The topological polar surface area (TPSA) is 88.5 Å². The minimum atomic E-state index is -0.492. The Hall–Kier alpha value is -2.42. The number of hydrazine groups is 1. The molecule has 0 aliphatic carbocycles. The molecule has 6 nitrogen and oxygen atoms in total. The van der Waals surface area contributed by atoms with Crippen LogP contribution in [0.3, 0.4) is 0 Å². The van der Waals surface area contributed by atoms with E-state index in [1.165, 1.54) is 9.89 Å². The number of para-hydroxylation sites is 1. The van der Waals surface area contributed by atoms with E-state index < -0.39 is 6.04 Å². The maximum atomic E-state index is 13.7. The molecule has 0 radical (unpaired) electrons. The number of amides is 1. The van der Waals surface area contributed by atoms with Crippen molar-refractivity contribution < 1.29 is 4.79 Å². The Balaban J connectivity index is 1.57. The van der Waals surface area contributed by atoms with Gasteiger partial charge in [0.05, 0.1) is 26.8 Å². The van der Waals surface area contributed by atoms with Gasteiger partial charge in [0.15, 0.2) is 0 Å². The predicted molar refractivity (Wildman–Crippen MR) is 134 cm³/mol. The molecule has 170 valence electrons. The average molecular weight is 470 g/mol. The number of hydrogen-bond donors (Lipinski definition) is 2. The highest BCUT2D eigenvalue weighted by Gasteiger charge is 2.38. The first kappa shape index (κ1) is 22.8. The molecule has 1 aliphatic rings. The fraction of sp³-hybridized carbons (Fsp3) is 0.417. The number of thiophene rings is 1.